The molecule has 2 heteroatoms. The van der Waals surface area contributed by atoms with E-state index in [2.05, 4.69) is 5.92 Å². The zero-order valence-electron chi connectivity index (χ0n) is 3.45. The van der Waals surface area contributed by atoms with Crippen LogP contribution in [0.5, 0.6) is 0 Å². The van der Waals surface area contributed by atoms with Gasteiger partial charge in [0.25, 0.3) is 0 Å². The van der Waals surface area contributed by atoms with E-state index in [1.54, 1.807) is 6.11 Å². The highest BCUT2D eigenvalue weighted by Crippen LogP contribution is 1.57. The van der Waals surface area contributed by atoms with Crippen molar-refractivity contribution in [3.05, 3.63) is 0 Å². The highest BCUT2D eigenvalue weighted by molar-refractivity contribution is 5.95. The van der Waals surface area contributed by atoms with E-state index in [0.29, 0.717) is 0 Å². The van der Waals surface area contributed by atoms with Gasteiger partial charge >= 0.3 is 0 Å². The number of aliphatic hydroxyl groups is 1. The van der Waals surface area contributed by atoms with Crippen LogP contribution in [0, 0.1) is 17.4 Å². The average Bonchev–Trinajstić information content (AvgIpc) is 1.35. The maximum absolute atomic E-state index is 7.73. The Balaban J connectivity index is 3.50. The second-order valence-electron chi connectivity index (χ2n) is 0.862. The molecule has 0 atom stereocenters. The predicted molar refractivity (Wildman–Crippen MR) is 23.1 cm³/mol. The monoisotopic (exact) mass is 83.0 g/mol. The van der Waals surface area contributed by atoms with Crippen molar-refractivity contribution in [1.82, 2.24) is 0 Å². The van der Waals surface area contributed by atoms with Gasteiger partial charge in [-0.2, -0.15) is 0 Å². The first-order chi connectivity index (χ1) is 2.77. The third-order valence-electron chi connectivity index (χ3n) is 0.243. The van der Waals surface area contributed by atoms with Crippen molar-refractivity contribution in [1.29, 1.82) is 5.41 Å². The molecule has 2 N–H and O–H groups in total. The van der Waals surface area contributed by atoms with Crippen molar-refractivity contribution in [2.75, 3.05) is 0 Å². The van der Waals surface area contributed by atoms with Crippen LogP contribution in [0.1, 0.15) is 6.92 Å². The van der Waals surface area contributed by atoms with Gasteiger partial charge < -0.3 is 5.11 Å². The van der Waals surface area contributed by atoms with Gasteiger partial charge in [-0.05, 0) is 12.8 Å². The van der Waals surface area contributed by atoms with Gasteiger partial charge in [0.1, 0.15) is 6.11 Å². The minimum absolute atomic E-state index is 0.178. The molecule has 0 aliphatic rings. The summed E-state index contributed by atoms with van der Waals surface area (Å²) >= 11 is 0. The molecule has 0 aliphatic heterocycles. The van der Waals surface area contributed by atoms with Crippen molar-refractivity contribution in [3.8, 4) is 12.0 Å². The van der Waals surface area contributed by atoms with Gasteiger partial charge in [0.15, 0.2) is 0 Å². The highest BCUT2D eigenvalue weighted by atomic mass is 16.2. The molecule has 6 heavy (non-hydrogen) atoms. The van der Waals surface area contributed by atoms with Crippen molar-refractivity contribution >= 4 is 5.71 Å². The molecule has 0 aromatic heterocycles. The third-order valence-corrected chi connectivity index (χ3v) is 0.243. The molecule has 32 valence electrons. The summed E-state index contributed by atoms with van der Waals surface area (Å²) in [6.45, 7) is 1.50. The topological polar surface area (TPSA) is 44.1 Å². The SMILES string of the molecule is CC(=N)C#CO. The van der Waals surface area contributed by atoms with Gasteiger partial charge in [-0.15, -0.1) is 0 Å². The van der Waals surface area contributed by atoms with E-state index in [1.165, 1.54) is 6.92 Å². The van der Waals surface area contributed by atoms with Crippen molar-refractivity contribution in [2.24, 2.45) is 0 Å². The lowest BCUT2D eigenvalue weighted by Crippen LogP contribution is -1.76. The Bertz CT molecular complexity index is 106. The van der Waals surface area contributed by atoms with E-state index in [1.807, 2.05) is 0 Å². The van der Waals surface area contributed by atoms with Crippen molar-refractivity contribution in [3.63, 3.8) is 0 Å². The maximum Gasteiger partial charge on any atom is 0.114 e. The number of hydrogen-bond donors (Lipinski definition) is 2. The molecule has 0 aromatic rings. The van der Waals surface area contributed by atoms with E-state index in [9.17, 15) is 0 Å². The molecule has 0 fully saturated rings. The Morgan fingerprint density at radius 1 is 1.83 bits per heavy atom. The van der Waals surface area contributed by atoms with Crippen LogP contribution in [0.15, 0.2) is 0 Å². The van der Waals surface area contributed by atoms with Crippen LogP contribution in [0.3, 0.4) is 0 Å². The fraction of sp³-hybridized carbons (Fsp3) is 0.250. The molecule has 0 aliphatic carbocycles. The van der Waals surface area contributed by atoms with Crippen LogP contribution < -0.4 is 0 Å². The van der Waals surface area contributed by atoms with E-state index < -0.39 is 0 Å². The summed E-state index contributed by atoms with van der Waals surface area (Å²) in [5, 5.41) is 14.3. The van der Waals surface area contributed by atoms with Crippen LogP contribution in [0.25, 0.3) is 0 Å². The second kappa shape index (κ2) is 2.28. The fourth-order valence-electron chi connectivity index (χ4n) is 0.0839. The Kier molecular flexibility index (Phi) is 1.91. The smallest absolute Gasteiger partial charge is 0.114 e. The summed E-state index contributed by atoms with van der Waals surface area (Å²) in [6, 6.07) is 0. The highest BCUT2D eigenvalue weighted by Gasteiger charge is 1.67. The van der Waals surface area contributed by atoms with Crippen molar-refractivity contribution in [2.45, 2.75) is 6.92 Å². The van der Waals surface area contributed by atoms with Crippen LogP contribution in [0.4, 0.5) is 0 Å². The van der Waals surface area contributed by atoms with Crippen LogP contribution in [-0.2, 0) is 0 Å². The lowest BCUT2D eigenvalue weighted by Gasteiger charge is -1.66. The largest absolute Gasteiger partial charge is 0.462 e. The van der Waals surface area contributed by atoms with Gasteiger partial charge in [-0.3, -0.25) is 5.41 Å². The van der Waals surface area contributed by atoms with Gasteiger partial charge in [-0.1, -0.05) is 0 Å². The number of nitrogens with one attached hydrogen (secondary N) is 1. The first kappa shape index (κ1) is 5.03. The summed E-state index contributed by atoms with van der Waals surface area (Å²) in [4.78, 5) is 0. The summed E-state index contributed by atoms with van der Waals surface area (Å²) < 4.78 is 0. The molecule has 2 nitrogen and oxygen atoms in total. The summed E-state index contributed by atoms with van der Waals surface area (Å²) in [6.07, 6.45) is 1.59. The van der Waals surface area contributed by atoms with E-state index in [-0.39, 0.29) is 5.71 Å². The quantitative estimate of drug-likeness (QED) is 0.322. The zero-order valence-corrected chi connectivity index (χ0v) is 3.45. The minimum Gasteiger partial charge on any atom is -0.462 e. The molecular weight excluding hydrogens is 78.0 g/mol. The first-order valence-corrected chi connectivity index (χ1v) is 1.47. The van der Waals surface area contributed by atoms with Gasteiger partial charge in [0, 0.05) is 0 Å². The molecule has 0 unspecified atom stereocenters. The Morgan fingerprint density at radius 3 is 2.33 bits per heavy atom. The van der Waals surface area contributed by atoms with Crippen LogP contribution in [0.2, 0.25) is 0 Å². The van der Waals surface area contributed by atoms with Gasteiger partial charge in [0.05, 0.1) is 5.71 Å². The minimum atomic E-state index is 0.178. The predicted octanol–water partition coefficient (Wildman–Crippen LogP) is 0.359. The molecule has 0 rings (SSSR count). The number of aliphatic hydroxyl groups excluding tert-OH is 1. The summed E-state index contributed by atoms with van der Waals surface area (Å²) in [5.41, 5.74) is 0.178. The molecule has 0 saturated heterocycles. The van der Waals surface area contributed by atoms with E-state index in [4.69, 9.17) is 10.5 Å². The zero-order chi connectivity index (χ0) is 4.99. The molecule has 0 radical (unpaired) electrons. The van der Waals surface area contributed by atoms with Crippen LogP contribution >= 0.6 is 0 Å². The lowest BCUT2D eigenvalue weighted by molar-refractivity contribution is 0.517. The van der Waals surface area contributed by atoms with Gasteiger partial charge in [0.2, 0.25) is 0 Å². The normalized spacial score (nSPS) is 5.50. The van der Waals surface area contributed by atoms with Crippen LogP contribution in [-0.4, -0.2) is 10.8 Å². The van der Waals surface area contributed by atoms with Crippen molar-refractivity contribution < 1.29 is 5.11 Å². The molecule has 0 saturated carbocycles. The fourth-order valence-corrected chi connectivity index (χ4v) is 0.0839. The first-order valence-electron chi connectivity index (χ1n) is 1.47. The summed E-state index contributed by atoms with van der Waals surface area (Å²) in [5.74, 6) is 2.10. The maximum atomic E-state index is 7.73. The molecule has 0 aromatic carbocycles. The van der Waals surface area contributed by atoms with Gasteiger partial charge in [-0.25, -0.2) is 0 Å². The van der Waals surface area contributed by atoms with E-state index >= 15 is 0 Å². The number of hydrogen-bond acceptors (Lipinski definition) is 2. The number of rotatable bonds is 0. The molecule has 0 bridgehead atoms. The average molecular weight is 83.1 g/mol. The molecule has 0 spiro atoms. The Labute approximate surface area is 36.3 Å². The molecule has 0 heterocycles. The third kappa shape index (κ3) is 3.03. The Hall–Kier alpha value is -0.970. The standard InChI is InChI=1S/C4H5NO/c1-4(5)2-3-6/h5-6H,1H3. The lowest BCUT2D eigenvalue weighted by atomic mass is 10.5. The van der Waals surface area contributed by atoms with E-state index in [0.717, 1.165) is 0 Å². The molecule has 0 amide bonds. The summed E-state index contributed by atoms with van der Waals surface area (Å²) in [7, 11) is 0. The Morgan fingerprint density at radius 2 is 2.33 bits per heavy atom. The second-order valence-corrected chi connectivity index (χ2v) is 0.862. The molecular formula is C4H5NO.